The van der Waals surface area contributed by atoms with E-state index in [0.717, 1.165) is 36.5 Å². The highest BCUT2D eigenvalue weighted by Crippen LogP contribution is 2.70. The van der Waals surface area contributed by atoms with Crippen LogP contribution in [0, 0.1) is 42.4 Å². The predicted molar refractivity (Wildman–Crippen MR) is 180 cm³/mol. The summed E-state index contributed by atoms with van der Waals surface area (Å²) in [5.74, 6) is -0.646. The summed E-state index contributed by atoms with van der Waals surface area (Å²) in [4.78, 5) is 28.8. The average Bonchev–Trinajstić information content (AvgIpc) is 3.59. The SMILES string of the molecule is C[C@@H]1C[C@H]2[C@@H]3CCC4=CC(=O)C=C[C@]4(C)[C@@]3(F)[C@@H](O)C[C@]2(C)[C@@]1(O)C(=O)CO.Cc1cc(C(C)(C)C)c(O)c(C)c1CC1=NCCN1. The molecule has 1 aromatic carbocycles. The molecule has 0 unspecified atom stereocenters. The Morgan fingerprint density at radius 3 is 2.47 bits per heavy atom. The van der Waals surface area contributed by atoms with Crippen LogP contribution in [-0.2, 0) is 21.4 Å². The number of carbonyl (C=O) groups is 2. The molecule has 0 amide bonds. The first-order valence-corrected chi connectivity index (χ1v) is 17.0. The standard InChI is InChI=1S/C22H29FO5.C16H24N2O/c1-12-8-16-15-5-4-13-9-14(25)6-7-19(13,2)21(15,23)17(26)10-20(16,3)22(12,28)18(27)11-24;1-10-8-13(16(3,4)5)15(19)11(2)12(10)9-14-17-6-7-18-14/h6-7,9,12,15-17,24,26,28H,4-5,8,10-11H2,1-3H3;8,19H,6-7,9H2,1-5H3,(H,17,18)/t12-,15+,16+,17+,19+,20+,21+,22+;/m1./s1. The van der Waals surface area contributed by atoms with Crippen molar-refractivity contribution in [3.05, 3.63) is 52.1 Å². The Labute approximate surface area is 278 Å². The first-order chi connectivity index (χ1) is 21.8. The number of hydrogen-bond acceptors (Lipinski definition) is 8. The number of aromatic hydroxyl groups is 1. The van der Waals surface area contributed by atoms with E-state index in [2.05, 4.69) is 44.1 Å². The fraction of sp³-hybridized carbons (Fsp3) is 0.658. The van der Waals surface area contributed by atoms with Gasteiger partial charge in [-0.2, -0.15) is 0 Å². The van der Waals surface area contributed by atoms with Gasteiger partial charge in [-0.15, -0.1) is 0 Å². The maximum atomic E-state index is 16.9. The Hall–Kier alpha value is -2.88. The minimum Gasteiger partial charge on any atom is -0.507 e. The summed E-state index contributed by atoms with van der Waals surface area (Å²) in [6.45, 7) is 16.8. The lowest BCUT2D eigenvalue weighted by Crippen LogP contribution is -2.69. The predicted octanol–water partition coefficient (Wildman–Crippen LogP) is 4.75. The van der Waals surface area contributed by atoms with Gasteiger partial charge in [0, 0.05) is 29.7 Å². The lowest BCUT2D eigenvalue weighted by atomic mass is 9.44. The minimum atomic E-state index is -1.98. The summed E-state index contributed by atoms with van der Waals surface area (Å²) in [6.07, 6.45) is 5.23. The Morgan fingerprint density at radius 1 is 1.19 bits per heavy atom. The number of aliphatic hydroxyl groups is 3. The summed E-state index contributed by atoms with van der Waals surface area (Å²) in [6, 6.07) is 2.12. The number of benzene rings is 1. The van der Waals surface area contributed by atoms with Crippen molar-refractivity contribution in [2.45, 2.75) is 110 Å². The van der Waals surface area contributed by atoms with Crippen LogP contribution in [0.1, 0.15) is 89.5 Å². The van der Waals surface area contributed by atoms with Gasteiger partial charge in [-0.05, 0) is 98.1 Å². The van der Waals surface area contributed by atoms with Crippen molar-refractivity contribution in [1.29, 1.82) is 0 Å². The van der Waals surface area contributed by atoms with Gasteiger partial charge in [0.25, 0.3) is 0 Å². The van der Waals surface area contributed by atoms with Crippen LogP contribution in [0.3, 0.4) is 0 Å². The lowest BCUT2D eigenvalue weighted by molar-refractivity contribution is -0.219. The number of phenols is 1. The van der Waals surface area contributed by atoms with Gasteiger partial charge in [0.15, 0.2) is 17.2 Å². The monoisotopic (exact) mass is 652 g/mol. The second kappa shape index (κ2) is 11.9. The number of Topliss-reactive ketones (excluding diaryl/α,β-unsaturated/α-hetero) is 1. The van der Waals surface area contributed by atoms with Gasteiger partial charge in [-0.3, -0.25) is 14.6 Å². The molecule has 0 bridgehead atoms. The number of hydrogen-bond donors (Lipinski definition) is 5. The molecule has 47 heavy (non-hydrogen) atoms. The molecule has 1 aliphatic heterocycles. The molecule has 5 aliphatic rings. The molecule has 4 aliphatic carbocycles. The van der Waals surface area contributed by atoms with Crippen molar-refractivity contribution in [3.8, 4) is 5.75 Å². The topological polar surface area (TPSA) is 139 Å². The van der Waals surface area contributed by atoms with Gasteiger partial charge in [0.1, 0.15) is 23.8 Å². The number of allylic oxidation sites excluding steroid dienone is 4. The van der Waals surface area contributed by atoms with E-state index in [1.54, 1.807) is 26.8 Å². The number of nitrogens with one attached hydrogen (secondary N) is 1. The summed E-state index contributed by atoms with van der Waals surface area (Å²) in [7, 11) is 0. The molecule has 0 saturated heterocycles. The Bertz CT molecular complexity index is 1560. The molecule has 6 rings (SSSR count). The van der Waals surface area contributed by atoms with E-state index in [-0.39, 0.29) is 23.5 Å². The molecule has 1 heterocycles. The Morgan fingerprint density at radius 2 is 1.87 bits per heavy atom. The molecule has 3 saturated carbocycles. The van der Waals surface area contributed by atoms with Crippen LogP contribution in [0.15, 0.2) is 34.9 Å². The van der Waals surface area contributed by atoms with E-state index in [4.69, 9.17) is 0 Å². The number of amidine groups is 1. The van der Waals surface area contributed by atoms with Gasteiger partial charge < -0.3 is 25.7 Å². The average molecular weight is 653 g/mol. The molecule has 8 nitrogen and oxygen atoms in total. The highest BCUT2D eigenvalue weighted by Gasteiger charge is 2.75. The Kier molecular flexibility index (Phi) is 8.98. The zero-order valence-corrected chi connectivity index (χ0v) is 29.2. The number of aliphatic imine (C=N–C) groups is 1. The van der Waals surface area contributed by atoms with E-state index in [1.165, 1.54) is 23.3 Å². The molecule has 9 heteroatoms. The fourth-order valence-corrected chi connectivity index (χ4v) is 9.85. The van der Waals surface area contributed by atoms with E-state index >= 15 is 4.39 Å². The van der Waals surface area contributed by atoms with Gasteiger partial charge in [0.05, 0.1) is 12.6 Å². The second-order valence-electron chi connectivity index (χ2n) is 16.1. The number of aryl methyl sites for hydroxylation is 1. The highest BCUT2D eigenvalue weighted by molar-refractivity contribution is 6.01. The molecule has 3 fully saturated rings. The zero-order chi connectivity index (χ0) is 34.9. The number of aliphatic hydroxyl groups excluding tert-OH is 2. The molecule has 1 aromatic rings. The lowest BCUT2D eigenvalue weighted by Gasteiger charge is -2.62. The van der Waals surface area contributed by atoms with Crippen LogP contribution in [0.4, 0.5) is 4.39 Å². The number of alkyl halides is 1. The third kappa shape index (κ3) is 5.23. The van der Waals surface area contributed by atoms with Crippen LogP contribution in [0.2, 0.25) is 0 Å². The third-order valence-electron chi connectivity index (χ3n) is 12.6. The van der Waals surface area contributed by atoms with Crippen LogP contribution < -0.4 is 5.32 Å². The normalized spacial score (nSPS) is 37.5. The number of fused-ring (bicyclic) bond motifs is 5. The van der Waals surface area contributed by atoms with Gasteiger partial charge in [0.2, 0.25) is 0 Å². The first kappa shape index (κ1) is 35.4. The molecule has 5 N–H and O–H groups in total. The van der Waals surface area contributed by atoms with Crippen molar-refractivity contribution in [3.63, 3.8) is 0 Å². The molecule has 258 valence electrons. The van der Waals surface area contributed by atoms with Gasteiger partial charge in [-0.1, -0.05) is 52.3 Å². The third-order valence-corrected chi connectivity index (χ3v) is 12.6. The zero-order valence-electron chi connectivity index (χ0n) is 29.2. The van der Waals surface area contributed by atoms with Crippen LogP contribution in [0.25, 0.3) is 0 Å². The summed E-state index contributed by atoms with van der Waals surface area (Å²) in [5.41, 5.74) is -0.775. The number of ketones is 2. The molecule has 0 spiro atoms. The number of rotatable bonds is 4. The highest BCUT2D eigenvalue weighted by atomic mass is 19.1. The molecular weight excluding hydrogens is 599 g/mol. The van der Waals surface area contributed by atoms with Crippen LogP contribution >= 0.6 is 0 Å². The summed E-state index contributed by atoms with van der Waals surface area (Å²) in [5, 5.41) is 45.7. The smallest absolute Gasteiger partial charge is 0.190 e. The number of halogens is 1. The van der Waals surface area contributed by atoms with Crippen LogP contribution in [-0.4, -0.2) is 74.9 Å². The van der Waals surface area contributed by atoms with E-state index in [1.807, 2.05) is 6.92 Å². The first-order valence-electron chi connectivity index (χ1n) is 17.0. The van der Waals surface area contributed by atoms with Crippen molar-refractivity contribution in [1.82, 2.24) is 5.32 Å². The summed E-state index contributed by atoms with van der Waals surface area (Å²) >= 11 is 0. The van der Waals surface area contributed by atoms with E-state index in [0.29, 0.717) is 30.6 Å². The van der Waals surface area contributed by atoms with Gasteiger partial charge >= 0.3 is 0 Å². The van der Waals surface area contributed by atoms with E-state index in [9.17, 15) is 30.0 Å². The quantitative estimate of drug-likeness (QED) is 0.317. The molecule has 8 atom stereocenters. The van der Waals surface area contributed by atoms with Crippen LogP contribution in [0.5, 0.6) is 5.75 Å². The maximum absolute atomic E-state index is 16.9. The second-order valence-corrected chi connectivity index (χ2v) is 16.1. The maximum Gasteiger partial charge on any atom is 0.190 e. The van der Waals surface area contributed by atoms with Crippen molar-refractivity contribution in [2.75, 3.05) is 19.7 Å². The van der Waals surface area contributed by atoms with E-state index < -0.39 is 52.4 Å². The largest absolute Gasteiger partial charge is 0.507 e. The Balaban J connectivity index is 0.000000199. The number of phenolic OH excluding ortho intramolecular Hbond substituents is 1. The summed E-state index contributed by atoms with van der Waals surface area (Å²) < 4.78 is 16.9. The molecule has 0 radical (unpaired) electrons. The van der Waals surface area contributed by atoms with Crippen molar-refractivity contribution in [2.24, 2.45) is 33.6 Å². The number of carbonyl (C=O) groups excluding carboxylic acids is 2. The number of nitrogens with zero attached hydrogens (tertiary/aromatic N) is 1. The minimum absolute atomic E-state index is 0.0404. The van der Waals surface area contributed by atoms with Crippen molar-refractivity contribution < 1.29 is 34.4 Å². The van der Waals surface area contributed by atoms with Gasteiger partial charge in [-0.25, -0.2) is 4.39 Å². The fourth-order valence-electron chi connectivity index (χ4n) is 9.85. The molecule has 0 aromatic heterocycles. The molecular formula is C38H53FN2O6. The van der Waals surface area contributed by atoms with Crippen molar-refractivity contribution >= 4 is 17.4 Å².